The Hall–Kier alpha value is -3.89. The zero-order valence-electron chi connectivity index (χ0n) is 20.5. The molecule has 1 saturated heterocycles. The molecule has 2 N–H and O–H groups in total. The maximum absolute atomic E-state index is 13.2. The molecule has 0 bridgehead atoms. The number of carbonyl (C=O) groups excluding carboxylic acids is 1. The van der Waals surface area contributed by atoms with Crippen molar-refractivity contribution < 1.29 is 27.8 Å². The Kier molecular flexibility index (Phi) is 7.09. The topological polar surface area (TPSA) is 95.5 Å². The molecular formula is C28H23ClF3N3O4. The molecule has 0 radical (unpaired) electrons. The van der Waals surface area contributed by atoms with E-state index in [0.717, 1.165) is 12.1 Å². The second-order valence-corrected chi connectivity index (χ2v) is 9.82. The Bertz CT molecular complexity index is 1600. The molecule has 5 rings (SSSR count). The Morgan fingerprint density at radius 3 is 2.46 bits per heavy atom. The van der Waals surface area contributed by atoms with Gasteiger partial charge in [0.2, 0.25) is 5.88 Å². The number of benzene rings is 3. The molecule has 4 aromatic rings. The molecule has 0 spiro atoms. The number of aromatic amines is 1. The van der Waals surface area contributed by atoms with Crippen LogP contribution in [-0.2, 0) is 18.4 Å². The number of amides is 1. The summed E-state index contributed by atoms with van der Waals surface area (Å²) >= 11 is 5.84. The van der Waals surface area contributed by atoms with Crippen molar-refractivity contribution in [1.29, 1.82) is 0 Å². The van der Waals surface area contributed by atoms with Gasteiger partial charge in [-0.3, -0.25) is 9.59 Å². The Morgan fingerprint density at radius 2 is 1.77 bits per heavy atom. The van der Waals surface area contributed by atoms with Gasteiger partial charge in [-0.15, -0.1) is 5.10 Å². The third kappa shape index (κ3) is 5.48. The van der Waals surface area contributed by atoms with Gasteiger partial charge in [-0.1, -0.05) is 41.9 Å². The molecule has 1 amide bonds. The Morgan fingerprint density at radius 1 is 1.05 bits per heavy atom. The minimum absolute atomic E-state index is 0.110. The Balaban J connectivity index is 1.25. The third-order valence-electron chi connectivity index (χ3n) is 6.90. The summed E-state index contributed by atoms with van der Waals surface area (Å²) in [4.78, 5) is 26.8. The molecule has 0 atom stereocenters. The molecule has 1 aliphatic rings. The lowest BCUT2D eigenvalue weighted by molar-refractivity contribution is -0.137. The molecule has 39 heavy (non-hydrogen) atoms. The average Bonchev–Trinajstić information content (AvgIpc) is 2.92. The number of ether oxygens (including phenoxy) is 1. The van der Waals surface area contributed by atoms with E-state index < -0.39 is 22.4 Å². The zero-order chi connectivity index (χ0) is 27.8. The van der Waals surface area contributed by atoms with Crippen LogP contribution in [0.15, 0.2) is 71.5 Å². The molecule has 202 valence electrons. The number of carbonyl (C=O) groups is 1. The highest BCUT2D eigenvalue weighted by Crippen LogP contribution is 2.39. The summed E-state index contributed by atoms with van der Waals surface area (Å²) in [7, 11) is 0. The van der Waals surface area contributed by atoms with Gasteiger partial charge in [0, 0.05) is 18.7 Å². The van der Waals surface area contributed by atoms with Crippen molar-refractivity contribution in [2.24, 2.45) is 0 Å². The van der Waals surface area contributed by atoms with Crippen molar-refractivity contribution in [3.8, 4) is 5.88 Å². The van der Waals surface area contributed by atoms with Crippen molar-refractivity contribution in [2.45, 2.75) is 31.2 Å². The van der Waals surface area contributed by atoms with Crippen LogP contribution in [0.2, 0.25) is 5.02 Å². The van der Waals surface area contributed by atoms with Crippen molar-refractivity contribution in [1.82, 2.24) is 15.1 Å². The van der Waals surface area contributed by atoms with Gasteiger partial charge in [0.15, 0.2) is 0 Å². The summed E-state index contributed by atoms with van der Waals surface area (Å²) in [5, 5.41) is 18.1. The van der Waals surface area contributed by atoms with E-state index in [4.69, 9.17) is 16.3 Å². The van der Waals surface area contributed by atoms with Gasteiger partial charge >= 0.3 is 6.18 Å². The van der Waals surface area contributed by atoms with Crippen molar-refractivity contribution in [3.63, 3.8) is 0 Å². The number of hydrogen-bond donors (Lipinski definition) is 2. The molecule has 1 fully saturated rings. The average molecular weight is 558 g/mol. The number of rotatable bonds is 5. The first-order valence-corrected chi connectivity index (χ1v) is 12.5. The van der Waals surface area contributed by atoms with E-state index in [-0.39, 0.29) is 55.4 Å². The predicted octanol–water partition coefficient (Wildman–Crippen LogP) is 5.30. The minimum Gasteiger partial charge on any atom is -0.471 e. The van der Waals surface area contributed by atoms with Crippen LogP contribution < -0.4 is 10.3 Å². The van der Waals surface area contributed by atoms with Gasteiger partial charge in [0.05, 0.1) is 27.0 Å². The first-order valence-electron chi connectivity index (χ1n) is 12.1. The van der Waals surface area contributed by atoms with Gasteiger partial charge < -0.3 is 14.7 Å². The molecule has 0 aliphatic carbocycles. The molecular weight excluding hydrogens is 535 g/mol. The van der Waals surface area contributed by atoms with E-state index in [1.54, 1.807) is 53.4 Å². The normalized spacial score (nSPS) is 15.4. The zero-order valence-corrected chi connectivity index (χ0v) is 21.2. The lowest BCUT2D eigenvalue weighted by atomic mass is 9.84. The van der Waals surface area contributed by atoms with E-state index in [0.29, 0.717) is 21.9 Å². The van der Waals surface area contributed by atoms with Crippen LogP contribution in [0.25, 0.3) is 10.8 Å². The number of aliphatic hydroxyl groups is 1. The minimum atomic E-state index is -4.59. The van der Waals surface area contributed by atoms with Crippen LogP contribution in [0.5, 0.6) is 5.88 Å². The van der Waals surface area contributed by atoms with Crippen LogP contribution in [0, 0.1) is 0 Å². The monoisotopic (exact) mass is 557 g/mol. The van der Waals surface area contributed by atoms with Gasteiger partial charge in [0.25, 0.3) is 11.5 Å². The molecule has 3 aromatic carbocycles. The highest BCUT2D eigenvalue weighted by atomic mass is 35.5. The fourth-order valence-corrected chi connectivity index (χ4v) is 5.02. The largest absolute Gasteiger partial charge is 0.471 e. The fraction of sp³-hybridized carbons (Fsp3) is 0.250. The number of piperidine rings is 1. The summed E-state index contributed by atoms with van der Waals surface area (Å²) in [5.74, 6) is 0.0255. The number of aromatic nitrogens is 2. The first-order chi connectivity index (χ1) is 18.5. The van der Waals surface area contributed by atoms with E-state index in [2.05, 4.69) is 10.2 Å². The summed E-state index contributed by atoms with van der Waals surface area (Å²) < 4.78 is 45.0. The number of likely N-dealkylation sites (tertiary alicyclic amines) is 1. The molecule has 2 heterocycles. The number of fused-ring (bicyclic) bond motifs is 1. The molecule has 11 heteroatoms. The molecule has 1 aromatic heterocycles. The van der Waals surface area contributed by atoms with Gasteiger partial charge in [-0.25, -0.2) is 5.10 Å². The van der Waals surface area contributed by atoms with Gasteiger partial charge in [-0.2, -0.15) is 13.2 Å². The van der Waals surface area contributed by atoms with Crippen molar-refractivity contribution in [3.05, 3.63) is 104 Å². The first kappa shape index (κ1) is 26.7. The van der Waals surface area contributed by atoms with E-state index in [9.17, 15) is 27.9 Å². The molecule has 0 saturated carbocycles. The predicted molar refractivity (Wildman–Crippen MR) is 139 cm³/mol. The number of nitrogens with one attached hydrogen (secondary N) is 1. The van der Waals surface area contributed by atoms with Crippen LogP contribution in [-0.4, -0.2) is 39.2 Å². The van der Waals surface area contributed by atoms with E-state index >= 15 is 0 Å². The molecule has 1 aliphatic heterocycles. The van der Waals surface area contributed by atoms with Gasteiger partial charge in [0.1, 0.15) is 6.61 Å². The number of hydrogen-bond acceptors (Lipinski definition) is 5. The lowest BCUT2D eigenvalue weighted by Gasteiger charge is -2.38. The SMILES string of the molecule is O=C(c1cccc(COc2n[nH]c(=O)c3ccccc23)c1)N1CCC(O)(c2ccc(C(F)(F)F)c(Cl)c2)CC1. The van der Waals surface area contributed by atoms with Crippen molar-refractivity contribution in [2.75, 3.05) is 13.1 Å². The number of alkyl halides is 3. The highest BCUT2D eigenvalue weighted by Gasteiger charge is 2.38. The number of halogens is 4. The second-order valence-electron chi connectivity index (χ2n) is 9.41. The van der Waals surface area contributed by atoms with Crippen LogP contribution in [0.3, 0.4) is 0 Å². The number of nitrogens with zero attached hydrogens (tertiary/aromatic N) is 2. The fourth-order valence-electron chi connectivity index (χ4n) is 4.73. The Labute approximate surface area is 225 Å². The highest BCUT2D eigenvalue weighted by molar-refractivity contribution is 6.31. The number of H-pyrrole nitrogens is 1. The smallest absolute Gasteiger partial charge is 0.417 e. The standard InChI is InChI=1S/C28H23ClF3N3O4/c29-23-15-19(8-9-22(23)28(30,31)32)27(38)10-12-35(13-11-27)26(37)18-5-3-4-17(14-18)16-39-25-21-7-2-1-6-20(21)24(36)33-34-25/h1-9,14-15,38H,10-13,16H2,(H,33,36). The van der Waals surface area contributed by atoms with Crippen LogP contribution in [0.4, 0.5) is 13.2 Å². The summed E-state index contributed by atoms with van der Waals surface area (Å²) in [6.07, 6.45) is -4.29. The second kappa shape index (κ2) is 10.3. The summed E-state index contributed by atoms with van der Waals surface area (Å²) in [6, 6.07) is 17.1. The quantitative estimate of drug-likeness (QED) is 0.347. The molecule has 7 nitrogen and oxygen atoms in total. The maximum atomic E-state index is 13.2. The van der Waals surface area contributed by atoms with Crippen LogP contribution >= 0.6 is 11.6 Å². The van der Waals surface area contributed by atoms with Crippen LogP contribution in [0.1, 0.15) is 39.9 Å². The summed E-state index contributed by atoms with van der Waals surface area (Å²) in [5.41, 5.74) is -1.25. The lowest BCUT2D eigenvalue weighted by Crippen LogP contribution is -2.45. The van der Waals surface area contributed by atoms with E-state index in [1.165, 1.54) is 6.07 Å². The van der Waals surface area contributed by atoms with E-state index in [1.807, 2.05) is 0 Å². The van der Waals surface area contributed by atoms with Gasteiger partial charge in [-0.05, 0) is 60.4 Å². The van der Waals surface area contributed by atoms with Crippen molar-refractivity contribution >= 4 is 28.3 Å². The third-order valence-corrected chi connectivity index (χ3v) is 7.21. The molecule has 0 unspecified atom stereocenters. The summed E-state index contributed by atoms with van der Waals surface area (Å²) in [6.45, 7) is 0.530. The maximum Gasteiger partial charge on any atom is 0.417 e.